The highest BCUT2D eigenvalue weighted by Crippen LogP contribution is 2.37. The number of ketones is 3. The molecule has 0 fully saturated rings. The molecule has 0 saturated carbocycles. The number of carbonyl (C=O) groups excluding carboxylic acids is 3. The van der Waals surface area contributed by atoms with Crippen LogP contribution in [0.1, 0.15) is 37.6 Å². The predicted octanol–water partition coefficient (Wildman–Crippen LogP) is 3.74. The minimum atomic E-state index is -0.967. The van der Waals surface area contributed by atoms with Crippen LogP contribution in [0.3, 0.4) is 0 Å². The van der Waals surface area contributed by atoms with Crippen molar-refractivity contribution in [3.8, 4) is 5.75 Å². The number of aryl methyl sites for hydroxylation is 1. The molecule has 0 atom stereocenters. The van der Waals surface area contributed by atoms with E-state index in [0.29, 0.717) is 5.75 Å². The number of rotatable bonds is 3. The molecule has 7 heteroatoms. The lowest BCUT2D eigenvalue weighted by molar-refractivity contribution is -0.111. The van der Waals surface area contributed by atoms with Gasteiger partial charge in [-0.2, -0.15) is 0 Å². The Bertz CT molecular complexity index is 936. The number of ether oxygens (including phenoxy) is 1. The summed E-state index contributed by atoms with van der Waals surface area (Å²) in [6.45, 7) is 1.83. The van der Waals surface area contributed by atoms with Gasteiger partial charge in [0.15, 0.2) is 11.5 Å². The number of hydrogen-bond donors (Lipinski definition) is 0. The van der Waals surface area contributed by atoms with E-state index in [2.05, 4.69) is 0 Å². The van der Waals surface area contributed by atoms with Gasteiger partial charge in [-0.05, 0) is 18.6 Å². The van der Waals surface area contributed by atoms with Crippen LogP contribution >= 0.6 is 23.2 Å². The van der Waals surface area contributed by atoms with Gasteiger partial charge in [-0.1, -0.05) is 35.3 Å². The zero-order chi connectivity index (χ0) is 17.6. The Kier molecular flexibility index (Phi) is 4.07. The van der Waals surface area contributed by atoms with E-state index in [9.17, 15) is 14.4 Å². The molecule has 1 heterocycles. The number of halogens is 2. The third-order valence-corrected chi connectivity index (χ3v) is 4.55. The SMILES string of the molecule is COc1cc(C(=O)c2coc3c2C(=O)C(=O)C(Cl)=C3Cl)ccc1C. The van der Waals surface area contributed by atoms with Crippen LogP contribution in [-0.2, 0) is 4.79 Å². The van der Waals surface area contributed by atoms with Crippen LogP contribution in [0.4, 0.5) is 0 Å². The fourth-order valence-electron chi connectivity index (χ4n) is 2.44. The van der Waals surface area contributed by atoms with E-state index in [4.69, 9.17) is 32.4 Å². The van der Waals surface area contributed by atoms with Crippen LogP contribution in [0.5, 0.6) is 5.75 Å². The Balaban J connectivity index is 2.13. The summed E-state index contributed by atoms with van der Waals surface area (Å²) in [5.41, 5.74) is 0.931. The van der Waals surface area contributed by atoms with Crippen LogP contribution in [0, 0.1) is 6.92 Å². The smallest absolute Gasteiger partial charge is 0.246 e. The van der Waals surface area contributed by atoms with E-state index in [-0.39, 0.29) is 27.5 Å². The van der Waals surface area contributed by atoms with Crippen molar-refractivity contribution in [2.45, 2.75) is 6.92 Å². The molecule has 0 saturated heterocycles. The molecule has 0 aliphatic heterocycles. The van der Waals surface area contributed by atoms with Crippen molar-refractivity contribution in [3.63, 3.8) is 0 Å². The van der Waals surface area contributed by atoms with E-state index in [1.54, 1.807) is 18.2 Å². The number of hydrogen-bond acceptors (Lipinski definition) is 5. The maximum Gasteiger partial charge on any atom is 0.246 e. The molecule has 3 rings (SSSR count). The van der Waals surface area contributed by atoms with E-state index < -0.39 is 22.4 Å². The first-order valence-electron chi connectivity index (χ1n) is 6.82. The quantitative estimate of drug-likeness (QED) is 0.612. The molecule has 1 aromatic heterocycles. The van der Waals surface area contributed by atoms with Crippen molar-refractivity contribution in [3.05, 3.63) is 57.5 Å². The summed E-state index contributed by atoms with van der Waals surface area (Å²) in [6, 6.07) is 4.87. The van der Waals surface area contributed by atoms with Gasteiger partial charge in [0.1, 0.15) is 22.1 Å². The highest BCUT2D eigenvalue weighted by atomic mass is 35.5. The van der Waals surface area contributed by atoms with Crippen molar-refractivity contribution in [1.29, 1.82) is 0 Å². The second-order valence-electron chi connectivity index (χ2n) is 5.15. The molecule has 122 valence electrons. The second-order valence-corrected chi connectivity index (χ2v) is 5.91. The number of Topliss-reactive ketones (excluding diaryl/α,β-unsaturated/α-hetero) is 2. The van der Waals surface area contributed by atoms with Crippen molar-refractivity contribution in [2.75, 3.05) is 7.11 Å². The van der Waals surface area contributed by atoms with Crippen LogP contribution in [0.2, 0.25) is 0 Å². The first-order chi connectivity index (χ1) is 11.4. The van der Waals surface area contributed by atoms with Crippen LogP contribution in [0.15, 0.2) is 33.9 Å². The number of methoxy groups -OCH3 is 1. The first-order valence-corrected chi connectivity index (χ1v) is 7.58. The lowest BCUT2D eigenvalue weighted by Gasteiger charge is -2.10. The number of furan rings is 1. The van der Waals surface area contributed by atoms with Gasteiger partial charge in [0.25, 0.3) is 0 Å². The average Bonchev–Trinajstić information content (AvgIpc) is 3.03. The van der Waals surface area contributed by atoms with Gasteiger partial charge in [-0.3, -0.25) is 14.4 Å². The fourth-order valence-corrected chi connectivity index (χ4v) is 2.84. The molecule has 0 unspecified atom stereocenters. The minimum Gasteiger partial charge on any atom is -0.496 e. The zero-order valence-corrected chi connectivity index (χ0v) is 14.1. The van der Waals surface area contributed by atoms with Crippen LogP contribution in [0.25, 0.3) is 5.03 Å². The molecule has 0 spiro atoms. The predicted molar refractivity (Wildman–Crippen MR) is 87.8 cm³/mol. The van der Waals surface area contributed by atoms with Gasteiger partial charge in [0.05, 0.1) is 18.2 Å². The van der Waals surface area contributed by atoms with Gasteiger partial charge >= 0.3 is 0 Å². The Labute approximate surface area is 146 Å². The van der Waals surface area contributed by atoms with Gasteiger partial charge in [0.2, 0.25) is 11.6 Å². The fraction of sp³-hybridized carbons (Fsp3) is 0.118. The lowest BCUT2D eigenvalue weighted by Crippen LogP contribution is -2.22. The molecule has 24 heavy (non-hydrogen) atoms. The Morgan fingerprint density at radius 2 is 1.83 bits per heavy atom. The number of fused-ring (bicyclic) bond motifs is 1. The van der Waals surface area contributed by atoms with E-state index in [1.807, 2.05) is 6.92 Å². The van der Waals surface area contributed by atoms with Gasteiger partial charge in [-0.25, -0.2) is 0 Å². The maximum atomic E-state index is 12.7. The molecular weight excluding hydrogens is 355 g/mol. The largest absolute Gasteiger partial charge is 0.496 e. The third-order valence-electron chi connectivity index (χ3n) is 3.73. The van der Waals surface area contributed by atoms with Gasteiger partial charge < -0.3 is 9.15 Å². The van der Waals surface area contributed by atoms with Gasteiger partial charge in [0, 0.05) is 5.56 Å². The molecule has 0 bridgehead atoms. The van der Waals surface area contributed by atoms with Crippen molar-refractivity contribution < 1.29 is 23.5 Å². The third kappa shape index (κ3) is 2.37. The summed E-state index contributed by atoms with van der Waals surface area (Å²) < 4.78 is 10.4. The van der Waals surface area contributed by atoms with Crippen LogP contribution < -0.4 is 4.74 Å². The normalized spacial score (nSPS) is 14.0. The lowest BCUT2D eigenvalue weighted by atomic mass is 9.93. The van der Waals surface area contributed by atoms with Crippen LogP contribution in [-0.4, -0.2) is 24.5 Å². The summed E-state index contributed by atoms with van der Waals surface area (Å²) >= 11 is 11.7. The first kappa shape index (κ1) is 16.5. The molecule has 2 aromatic rings. The summed E-state index contributed by atoms with van der Waals surface area (Å²) in [6.07, 6.45) is 1.10. The van der Waals surface area contributed by atoms with Gasteiger partial charge in [-0.15, -0.1) is 0 Å². The zero-order valence-electron chi connectivity index (χ0n) is 12.6. The summed E-state index contributed by atoms with van der Waals surface area (Å²) in [5, 5.41) is -0.601. The molecule has 0 N–H and O–H groups in total. The molecule has 1 aliphatic rings. The highest BCUT2D eigenvalue weighted by Gasteiger charge is 2.38. The number of benzene rings is 1. The Morgan fingerprint density at radius 1 is 1.12 bits per heavy atom. The highest BCUT2D eigenvalue weighted by molar-refractivity contribution is 6.71. The number of allylic oxidation sites excluding steroid dienone is 1. The van der Waals surface area contributed by atoms with Crippen molar-refractivity contribution >= 4 is 45.6 Å². The van der Waals surface area contributed by atoms with Crippen molar-refractivity contribution in [1.82, 2.24) is 0 Å². The maximum absolute atomic E-state index is 12.7. The Hall–Kier alpha value is -2.37. The Morgan fingerprint density at radius 3 is 2.50 bits per heavy atom. The average molecular weight is 365 g/mol. The molecule has 0 radical (unpaired) electrons. The summed E-state index contributed by atoms with van der Waals surface area (Å²) in [7, 11) is 1.49. The standard InChI is InChI=1S/C17H10Cl2O5/c1-7-3-4-8(5-10(7)23-2)14(20)9-6-24-17-11(9)15(21)16(22)12(18)13(17)19/h3-6H,1-2H3. The topological polar surface area (TPSA) is 73.6 Å². The van der Waals surface area contributed by atoms with E-state index in [1.165, 1.54) is 7.11 Å². The number of carbonyl (C=O) groups is 3. The van der Waals surface area contributed by atoms with E-state index >= 15 is 0 Å². The molecular formula is C17H10Cl2O5. The molecule has 1 aliphatic carbocycles. The minimum absolute atomic E-state index is 0.0448. The van der Waals surface area contributed by atoms with Crippen molar-refractivity contribution in [2.24, 2.45) is 0 Å². The monoisotopic (exact) mass is 364 g/mol. The second kappa shape index (κ2) is 5.92. The summed E-state index contributed by atoms with van der Waals surface area (Å²) in [5.74, 6) is -1.92. The molecule has 0 amide bonds. The van der Waals surface area contributed by atoms with E-state index in [0.717, 1.165) is 11.8 Å². The molecule has 1 aromatic carbocycles. The molecule has 5 nitrogen and oxygen atoms in total. The summed E-state index contributed by atoms with van der Waals surface area (Å²) in [4.78, 5) is 36.8.